The van der Waals surface area contributed by atoms with Gasteiger partial charge in [0.2, 0.25) is 10.0 Å². The van der Waals surface area contributed by atoms with Crippen LogP contribution in [0, 0.1) is 0 Å². The number of hydrogen-bond acceptors (Lipinski definition) is 7. The summed E-state index contributed by atoms with van der Waals surface area (Å²) in [5.41, 5.74) is 0. The Morgan fingerprint density at radius 2 is 2.20 bits per heavy atom. The van der Waals surface area contributed by atoms with E-state index in [1.54, 1.807) is 6.07 Å². The molecular weight excluding hydrogens is 300 g/mol. The first kappa shape index (κ1) is 13.6. The standard InChI is InChI=1S/C10H14N6O2S2/c17-20(18,12-6-9-13-15-16-14-9)10-4-3-8(19-10)5-11-7-1-2-7/h3-4,7,11-12H,1-2,5-6H2,(H,13,14,15,16). The molecule has 1 aliphatic rings. The quantitative estimate of drug-likeness (QED) is 0.662. The largest absolute Gasteiger partial charge is 0.309 e. The second kappa shape index (κ2) is 5.56. The second-order valence-corrected chi connectivity index (χ2v) is 7.69. The minimum Gasteiger partial charge on any atom is -0.309 e. The van der Waals surface area contributed by atoms with Crippen LogP contribution in [0.2, 0.25) is 0 Å². The summed E-state index contributed by atoms with van der Waals surface area (Å²) in [6.45, 7) is 0.738. The molecule has 3 rings (SSSR count). The predicted octanol–water partition coefficient (Wildman–Crippen LogP) is -0.00830. The third kappa shape index (κ3) is 3.39. The van der Waals surface area contributed by atoms with Crippen LogP contribution in [0.5, 0.6) is 0 Å². The summed E-state index contributed by atoms with van der Waals surface area (Å²) >= 11 is 1.27. The minimum atomic E-state index is -3.52. The lowest BCUT2D eigenvalue weighted by Crippen LogP contribution is -2.23. The van der Waals surface area contributed by atoms with Crippen molar-refractivity contribution in [2.45, 2.75) is 36.2 Å². The van der Waals surface area contributed by atoms with Crippen molar-refractivity contribution in [2.75, 3.05) is 0 Å². The van der Waals surface area contributed by atoms with Gasteiger partial charge < -0.3 is 5.32 Å². The first-order valence-electron chi connectivity index (χ1n) is 6.17. The first-order valence-corrected chi connectivity index (χ1v) is 8.47. The summed E-state index contributed by atoms with van der Waals surface area (Å²) in [4.78, 5) is 1.01. The van der Waals surface area contributed by atoms with Crippen LogP contribution in [0.3, 0.4) is 0 Å². The van der Waals surface area contributed by atoms with E-state index < -0.39 is 10.0 Å². The van der Waals surface area contributed by atoms with Gasteiger partial charge in [-0.2, -0.15) is 5.21 Å². The lowest BCUT2D eigenvalue weighted by atomic mass is 10.4. The molecule has 1 saturated carbocycles. The monoisotopic (exact) mass is 314 g/mol. The summed E-state index contributed by atoms with van der Waals surface area (Å²) in [5.74, 6) is 0.306. The molecule has 3 N–H and O–H groups in total. The van der Waals surface area contributed by atoms with Crippen LogP contribution in [0.25, 0.3) is 0 Å². The van der Waals surface area contributed by atoms with Crippen LogP contribution in [0.15, 0.2) is 16.3 Å². The van der Waals surface area contributed by atoms with Gasteiger partial charge in [0.1, 0.15) is 4.21 Å². The van der Waals surface area contributed by atoms with Gasteiger partial charge >= 0.3 is 0 Å². The molecule has 0 bridgehead atoms. The molecule has 20 heavy (non-hydrogen) atoms. The van der Waals surface area contributed by atoms with Gasteiger partial charge in [0, 0.05) is 17.5 Å². The van der Waals surface area contributed by atoms with Gasteiger partial charge in [-0.1, -0.05) is 5.21 Å². The minimum absolute atomic E-state index is 0.0202. The van der Waals surface area contributed by atoms with Gasteiger partial charge in [0.15, 0.2) is 5.82 Å². The normalized spacial score (nSPS) is 15.6. The van der Waals surface area contributed by atoms with Gasteiger partial charge in [0.05, 0.1) is 6.54 Å². The molecule has 2 aromatic heterocycles. The van der Waals surface area contributed by atoms with Crippen molar-refractivity contribution in [3.8, 4) is 0 Å². The molecule has 10 heteroatoms. The zero-order chi connectivity index (χ0) is 14.0. The third-order valence-corrected chi connectivity index (χ3v) is 5.83. The second-order valence-electron chi connectivity index (χ2n) is 4.53. The molecule has 0 radical (unpaired) electrons. The number of nitrogens with one attached hydrogen (secondary N) is 3. The van der Waals surface area contributed by atoms with Crippen LogP contribution in [0.4, 0.5) is 0 Å². The first-order chi connectivity index (χ1) is 9.63. The SMILES string of the molecule is O=S(=O)(NCc1nn[nH]n1)c1ccc(CNC2CC2)s1. The molecule has 8 nitrogen and oxygen atoms in total. The van der Waals surface area contributed by atoms with Crippen LogP contribution in [-0.4, -0.2) is 35.1 Å². The zero-order valence-corrected chi connectivity index (χ0v) is 12.2. The summed E-state index contributed by atoms with van der Waals surface area (Å²) < 4.78 is 26.9. The van der Waals surface area contributed by atoms with E-state index in [1.165, 1.54) is 24.2 Å². The van der Waals surface area contributed by atoms with Crippen molar-refractivity contribution >= 4 is 21.4 Å². The average Bonchev–Trinajstić information content (AvgIpc) is 2.94. The van der Waals surface area contributed by atoms with Crippen LogP contribution >= 0.6 is 11.3 Å². The number of nitrogens with zero attached hydrogens (tertiary/aromatic N) is 3. The van der Waals surface area contributed by atoms with Crippen LogP contribution < -0.4 is 10.0 Å². The Kier molecular flexibility index (Phi) is 3.78. The molecule has 108 valence electrons. The molecular formula is C10H14N6O2S2. The van der Waals surface area contributed by atoms with Gasteiger partial charge in [0.25, 0.3) is 0 Å². The lowest BCUT2D eigenvalue weighted by Gasteiger charge is -2.01. The molecule has 1 fully saturated rings. The molecule has 1 aliphatic carbocycles. The Bertz CT molecular complexity index is 662. The highest BCUT2D eigenvalue weighted by molar-refractivity contribution is 7.91. The number of sulfonamides is 1. The lowest BCUT2D eigenvalue weighted by molar-refractivity contribution is 0.581. The highest BCUT2D eigenvalue weighted by atomic mass is 32.2. The Morgan fingerprint density at radius 3 is 2.90 bits per heavy atom. The maximum Gasteiger partial charge on any atom is 0.250 e. The van der Waals surface area contributed by atoms with E-state index in [4.69, 9.17) is 0 Å². The van der Waals surface area contributed by atoms with Crippen molar-refractivity contribution in [3.05, 3.63) is 22.8 Å². The zero-order valence-electron chi connectivity index (χ0n) is 10.5. The molecule has 2 heterocycles. The topological polar surface area (TPSA) is 113 Å². The Morgan fingerprint density at radius 1 is 1.35 bits per heavy atom. The fourth-order valence-electron chi connectivity index (χ4n) is 1.62. The maximum absolute atomic E-state index is 12.1. The van der Waals surface area contributed by atoms with E-state index >= 15 is 0 Å². The maximum atomic E-state index is 12.1. The molecule has 0 aromatic carbocycles. The molecule has 0 atom stereocenters. The summed E-state index contributed by atoms with van der Waals surface area (Å²) in [5, 5.41) is 16.4. The van der Waals surface area contributed by atoms with E-state index in [-0.39, 0.29) is 6.54 Å². The summed E-state index contributed by atoms with van der Waals surface area (Å²) in [7, 11) is -3.52. The number of thiophene rings is 1. The van der Waals surface area contributed by atoms with E-state index in [9.17, 15) is 8.42 Å². The highest BCUT2D eigenvalue weighted by Crippen LogP contribution is 2.24. The van der Waals surface area contributed by atoms with Crippen LogP contribution in [0.1, 0.15) is 23.5 Å². The summed E-state index contributed by atoms with van der Waals surface area (Å²) in [6, 6.07) is 4.06. The molecule has 0 amide bonds. The van der Waals surface area contributed by atoms with Crippen LogP contribution in [-0.2, 0) is 23.1 Å². The van der Waals surface area contributed by atoms with Crippen molar-refractivity contribution in [1.82, 2.24) is 30.7 Å². The molecule has 0 unspecified atom stereocenters. The average molecular weight is 314 g/mol. The predicted molar refractivity (Wildman–Crippen MR) is 72.4 cm³/mol. The van der Waals surface area contributed by atoms with E-state index in [2.05, 4.69) is 30.7 Å². The Hall–Kier alpha value is -1.36. The van der Waals surface area contributed by atoms with E-state index in [1.807, 2.05) is 6.07 Å². The highest BCUT2D eigenvalue weighted by Gasteiger charge is 2.21. The molecule has 0 aliphatic heterocycles. The van der Waals surface area contributed by atoms with Gasteiger partial charge in [-0.05, 0) is 25.0 Å². The van der Waals surface area contributed by atoms with E-state index in [0.717, 1.165) is 11.4 Å². The third-order valence-electron chi connectivity index (χ3n) is 2.85. The smallest absolute Gasteiger partial charge is 0.250 e. The molecule has 2 aromatic rings. The number of tetrazole rings is 1. The van der Waals surface area contributed by atoms with Crippen molar-refractivity contribution in [2.24, 2.45) is 0 Å². The van der Waals surface area contributed by atoms with Gasteiger partial charge in [-0.25, -0.2) is 13.1 Å². The fourth-order valence-corrected chi connectivity index (χ4v) is 3.95. The van der Waals surface area contributed by atoms with Crippen molar-refractivity contribution in [3.63, 3.8) is 0 Å². The number of hydrogen-bond donors (Lipinski definition) is 3. The van der Waals surface area contributed by atoms with Gasteiger partial charge in [-0.15, -0.1) is 21.5 Å². The number of H-pyrrole nitrogens is 1. The molecule has 0 spiro atoms. The summed E-state index contributed by atoms with van der Waals surface area (Å²) in [6.07, 6.45) is 2.42. The van der Waals surface area contributed by atoms with Crippen molar-refractivity contribution in [1.29, 1.82) is 0 Å². The Labute approximate surface area is 120 Å². The number of aromatic amines is 1. The molecule has 0 saturated heterocycles. The van der Waals surface area contributed by atoms with Gasteiger partial charge in [-0.3, -0.25) is 0 Å². The number of rotatable bonds is 7. The Balaban J connectivity index is 1.61. The number of aromatic nitrogens is 4. The van der Waals surface area contributed by atoms with E-state index in [0.29, 0.717) is 16.1 Å². The van der Waals surface area contributed by atoms with Crippen molar-refractivity contribution < 1.29 is 8.42 Å². The fraction of sp³-hybridized carbons (Fsp3) is 0.500.